The number of imidazole rings is 1. The SMILES string of the molecule is C[C@H](O)c1cccnc1-n1cnc2ccccc21. The van der Waals surface area contributed by atoms with Crippen molar-refractivity contribution in [3.8, 4) is 5.82 Å². The Morgan fingerprint density at radius 2 is 1.94 bits per heavy atom. The Morgan fingerprint density at radius 3 is 2.78 bits per heavy atom. The zero-order valence-corrected chi connectivity index (χ0v) is 9.99. The summed E-state index contributed by atoms with van der Waals surface area (Å²) >= 11 is 0. The molecule has 0 spiro atoms. The fourth-order valence-corrected chi connectivity index (χ4v) is 2.06. The third kappa shape index (κ3) is 1.67. The molecule has 2 aromatic heterocycles. The maximum atomic E-state index is 9.80. The fraction of sp³-hybridized carbons (Fsp3) is 0.143. The first-order valence-corrected chi connectivity index (χ1v) is 5.83. The van der Waals surface area contributed by atoms with E-state index < -0.39 is 6.10 Å². The highest BCUT2D eigenvalue weighted by atomic mass is 16.3. The third-order valence-corrected chi connectivity index (χ3v) is 2.95. The number of hydrogen-bond donors (Lipinski definition) is 1. The van der Waals surface area contributed by atoms with Crippen LogP contribution >= 0.6 is 0 Å². The summed E-state index contributed by atoms with van der Waals surface area (Å²) in [5.74, 6) is 0.723. The van der Waals surface area contributed by atoms with Gasteiger partial charge in [-0.15, -0.1) is 0 Å². The van der Waals surface area contributed by atoms with Gasteiger partial charge in [0.25, 0.3) is 0 Å². The molecule has 3 rings (SSSR count). The minimum atomic E-state index is -0.560. The van der Waals surface area contributed by atoms with E-state index in [1.165, 1.54) is 0 Å². The van der Waals surface area contributed by atoms with E-state index >= 15 is 0 Å². The number of hydrogen-bond acceptors (Lipinski definition) is 3. The van der Waals surface area contributed by atoms with Crippen molar-refractivity contribution in [1.82, 2.24) is 14.5 Å². The number of aliphatic hydroxyl groups excluding tert-OH is 1. The molecule has 1 atom stereocenters. The molecule has 4 heteroatoms. The molecule has 2 heterocycles. The fourth-order valence-electron chi connectivity index (χ4n) is 2.06. The molecule has 0 saturated heterocycles. The van der Waals surface area contributed by atoms with Gasteiger partial charge in [-0.1, -0.05) is 18.2 Å². The molecule has 0 unspecified atom stereocenters. The van der Waals surface area contributed by atoms with E-state index in [0.29, 0.717) is 0 Å². The average molecular weight is 239 g/mol. The van der Waals surface area contributed by atoms with Gasteiger partial charge in [0.2, 0.25) is 0 Å². The van der Waals surface area contributed by atoms with Crippen molar-refractivity contribution in [1.29, 1.82) is 0 Å². The lowest BCUT2D eigenvalue weighted by Gasteiger charge is -2.11. The molecule has 3 aromatic rings. The lowest BCUT2D eigenvalue weighted by atomic mass is 10.1. The van der Waals surface area contributed by atoms with Gasteiger partial charge in [-0.05, 0) is 25.1 Å². The summed E-state index contributed by atoms with van der Waals surface area (Å²) in [6, 6.07) is 11.6. The number of aromatic nitrogens is 3. The summed E-state index contributed by atoms with van der Waals surface area (Å²) in [5, 5.41) is 9.80. The molecule has 1 aromatic carbocycles. The number of rotatable bonds is 2. The summed E-state index contributed by atoms with van der Waals surface area (Å²) in [5.41, 5.74) is 2.69. The quantitative estimate of drug-likeness (QED) is 0.747. The first kappa shape index (κ1) is 10.9. The van der Waals surface area contributed by atoms with Gasteiger partial charge >= 0.3 is 0 Å². The van der Waals surface area contributed by atoms with Crippen LogP contribution in [-0.2, 0) is 0 Å². The second-order valence-electron chi connectivity index (χ2n) is 4.20. The molecule has 0 bridgehead atoms. The summed E-state index contributed by atoms with van der Waals surface area (Å²) in [7, 11) is 0. The summed E-state index contributed by atoms with van der Waals surface area (Å²) in [6.07, 6.45) is 2.89. The van der Waals surface area contributed by atoms with Crippen LogP contribution in [0.15, 0.2) is 48.9 Å². The van der Waals surface area contributed by atoms with Gasteiger partial charge in [0.15, 0.2) is 0 Å². The second kappa shape index (κ2) is 4.23. The molecule has 0 aliphatic heterocycles. The van der Waals surface area contributed by atoms with Gasteiger partial charge in [0, 0.05) is 11.8 Å². The Balaban J connectivity index is 2.27. The normalized spacial score (nSPS) is 12.8. The largest absolute Gasteiger partial charge is 0.389 e. The number of aliphatic hydroxyl groups is 1. The summed E-state index contributed by atoms with van der Waals surface area (Å²) in [6.45, 7) is 1.74. The maximum absolute atomic E-state index is 9.80. The minimum Gasteiger partial charge on any atom is -0.389 e. The zero-order chi connectivity index (χ0) is 12.5. The van der Waals surface area contributed by atoms with Crippen LogP contribution in [0.5, 0.6) is 0 Å². The van der Waals surface area contributed by atoms with Crippen molar-refractivity contribution in [2.75, 3.05) is 0 Å². The highest BCUT2D eigenvalue weighted by Gasteiger charge is 2.12. The molecule has 0 aliphatic rings. The number of nitrogens with zero attached hydrogens (tertiary/aromatic N) is 3. The first-order chi connectivity index (χ1) is 8.77. The highest BCUT2D eigenvalue weighted by Crippen LogP contribution is 2.22. The minimum absolute atomic E-state index is 0.560. The first-order valence-electron chi connectivity index (χ1n) is 5.83. The van der Waals surface area contributed by atoms with Crippen molar-refractivity contribution in [3.63, 3.8) is 0 Å². The van der Waals surface area contributed by atoms with E-state index in [9.17, 15) is 5.11 Å². The van der Waals surface area contributed by atoms with E-state index in [0.717, 1.165) is 22.4 Å². The lowest BCUT2D eigenvalue weighted by molar-refractivity contribution is 0.198. The van der Waals surface area contributed by atoms with E-state index in [-0.39, 0.29) is 0 Å². The number of benzene rings is 1. The highest BCUT2D eigenvalue weighted by molar-refractivity contribution is 5.77. The number of pyridine rings is 1. The molecule has 0 aliphatic carbocycles. The Kier molecular flexibility index (Phi) is 2.57. The Morgan fingerprint density at radius 1 is 1.11 bits per heavy atom. The van der Waals surface area contributed by atoms with E-state index in [1.54, 1.807) is 19.4 Å². The second-order valence-corrected chi connectivity index (χ2v) is 4.20. The Bertz CT molecular complexity index is 688. The predicted molar refractivity (Wildman–Crippen MR) is 69.5 cm³/mol. The van der Waals surface area contributed by atoms with Gasteiger partial charge < -0.3 is 5.11 Å². The molecule has 0 fully saturated rings. The number of fused-ring (bicyclic) bond motifs is 1. The molecule has 18 heavy (non-hydrogen) atoms. The molecular formula is C14H13N3O. The number of para-hydroxylation sites is 2. The molecular weight excluding hydrogens is 226 g/mol. The summed E-state index contributed by atoms with van der Waals surface area (Å²) < 4.78 is 1.90. The van der Waals surface area contributed by atoms with E-state index in [2.05, 4.69) is 9.97 Å². The third-order valence-electron chi connectivity index (χ3n) is 2.95. The molecule has 0 radical (unpaired) electrons. The van der Waals surface area contributed by atoms with Crippen molar-refractivity contribution >= 4 is 11.0 Å². The molecule has 90 valence electrons. The van der Waals surface area contributed by atoms with Gasteiger partial charge in [-0.2, -0.15) is 0 Å². The van der Waals surface area contributed by atoms with Crippen LogP contribution in [0.3, 0.4) is 0 Å². The van der Waals surface area contributed by atoms with Gasteiger partial charge in [0.1, 0.15) is 12.1 Å². The topological polar surface area (TPSA) is 50.9 Å². The van der Waals surface area contributed by atoms with Crippen molar-refractivity contribution in [2.45, 2.75) is 13.0 Å². The van der Waals surface area contributed by atoms with Crippen LogP contribution in [0, 0.1) is 0 Å². The predicted octanol–water partition coefficient (Wildman–Crippen LogP) is 2.47. The molecule has 0 saturated carbocycles. The average Bonchev–Trinajstić information content (AvgIpc) is 2.82. The van der Waals surface area contributed by atoms with Crippen molar-refractivity contribution < 1.29 is 5.11 Å². The van der Waals surface area contributed by atoms with Crippen molar-refractivity contribution in [3.05, 3.63) is 54.5 Å². The Hall–Kier alpha value is -2.20. The molecule has 1 N–H and O–H groups in total. The smallest absolute Gasteiger partial charge is 0.144 e. The maximum Gasteiger partial charge on any atom is 0.144 e. The van der Waals surface area contributed by atoms with Crippen LogP contribution in [0.2, 0.25) is 0 Å². The zero-order valence-electron chi connectivity index (χ0n) is 9.99. The van der Waals surface area contributed by atoms with Crippen LogP contribution in [0.1, 0.15) is 18.6 Å². The lowest BCUT2D eigenvalue weighted by Crippen LogP contribution is -2.03. The van der Waals surface area contributed by atoms with Crippen LogP contribution in [-0.4, -0.2) is 19.6 Å². The van der Waals surface area contributed by atoms with Crippen molar-refractivity contribution in [2.24, 2.45) is 0 Å². The standard InChI is InChI=1S/C14H13N3O/c1-10(18)11-5-4-8-15-14(11)17-9-16-12-6-2-3-7-13(12)17/h2-10,18H,1H3/t10-/m0/s1. The molecule has 4 nitrogen and oxygen atoms in total. The molecule has 0 amide bonds. The van der Waals surface area contributed by atoms with E-state index in [4.69, 9.17) is 0 Å². The monoisotopic (exact) mass is 239 g/mol. The van der Waals surface area contributed by atoms with Crippen LogP contribution in [0.25, 0.3) is 16.9 Å². The van der Waals surface area contributed by atoms with Crippen LogP contribution < -0.4 is 0 Å². The van der Waals surface area contributed by atoms with Gasteiger partial charge in [0.05, 0.1) is 17.1 Å². The summed E-state index contributed by atoms with van der Waals surface area (Å²) in [4.78, 5) is 8.69. The van der Waals surface area contributed by atoms with Gasteiger partial charge in [-0.3, -0.25) is 4.57 Å². The Labute approximate surface area is 105 Å². The van der Waals surface area contributed by atoms with Crippen LogP contribution in [0.4, 0.5) is 0 Å². The van der Waals surface area contributed by atoms with E-state index in [1.807, 2.05) is 41.0 Å². The van der Waals surface area contributed by atoms with Gasteiger partial charge in [-0.25, -0.2) is 9.97 Å².